The van der Waals surface area contributed by atoms with Crippen molar-refractivity contribution in [1.29, 1.82) is 0 Å². The first kappa shape index (κ1) is 19.0. The number of benzene rings is 2. The minimum atomic E-state index is -3.76. The van der Waals surface area contributed by atoms with Crippen molar-refractivity contribution in [1.82, 2.24) is 4.98 Å². The highest BCUT2D eigenvalue weighted by Gasteiger charge is 2.32. The van der Waals surface area contributed by atoms with Crippen LogP contribution < -0.4 is 9.04 Å². The van der Waals surface area contributed by atoms with E-state index in [0.717, 1.165) is 21.2 Å². The summed E-state index contributed by atoms with van der Waals surface area (Å²) in [6.45, 7) is 2.47. The van der Waals surface area contributed by atoms with Crippen molar-refractivity contribution in [3.05, 3.63) is 72.3 Å². The van der Waals surface area contributed by atoms with Gasteiger partial charge >= 0.3 is 0 Å². The topological polar surface area (TPSA) is 59.5 Å². The van der Waals surface area contributed by atoms with Gasteiger partial charge in [0.25, 0.3) is 10.0 Å². The minimum absolute atomic E-state index is 0.216. The summed E-state index contributed by atoms with van der Waals surface area (Å²) in [6, 6.07) is 15.8. The van der Waals surface area contributed by atoms with Gasteiger partial charge in [-0.1, -0.05) is 23.8 Å². The monoisotopic (exact) mass is 440 g/mol. The Morgan fingerprint density at radius 2 is 1.90 bits per heavy atom. The van der Waals surface area contributed by atoms with Crippen molar-refractivity contribution in [3.8, 4) is 16.9 Å². The van der Waals surface area contributed by atoms with Crippen molar-refractivity contribution in [2.24, 2.45) is 0 Å². The summed E-state index contributed by atoms with van der Waals surface area (Å²) in [5, 5.41) is 0.915. The Morgan fingerprint density at radius 3 is 2.70 bits per heavy atom. The van der Waals surface area contributed by atoms with Crippen LogP contribution in [0, 0.1) is 12.9 Å². The van der Waals surface area contributed by atoms with Crippen LogP contribution >= 0.6 is 11.3 Å². The Bertz CT molecular complexity index is 1370. The van der Waals surface area contributed by atoms with Crippen LogP contribution in [-0.2, 0) is 10.0 Å². The molecule has 2 aromatic heterocycles. The first-order valence-corrected chi connectivity index (χ1v) is 11.6. The molecule has 3 heterocycles. The SMILES string of the molecule is Cc1ccc2sc(S(=O)(=O)N3CCOc4ccc(-c5ccc(F)nc5)cc43)cc2c1. The van der Waals surface area contributed by atoms with Crippen LogP contribution in [0.1, 0.15) is 5.56 Å². The molecule has 0 fully saturated rings. The molecule has 0 aliphatic carbocycles. The van der Waals surface area contributed by atoms with Crippen molar-refractivity contribution < 1.29 is 17.5 Å². The maximum absolute atomic E-state index is 13.5. The van der Waals surface area contributed by atoms with E-state index in [0.29, 0.717) is 21.2 Å². The van der Waals surface area contributed by atoms with Crippen LogP contribution in [0.2, 0.25) is 0 Å². The number of halogens is 1. The summed E-state index contributed by atoms with van der Waals surface area (Å²) < 4.78 is 48.5. The molecule has 5 rings (SSSR count). The molecule has 0 radical (unpaired) electrons. The molecule has 0 spiro atoms. The fourth-order valence-corrected chi connectivity index (χ4v) is 6.49. The second kappa shape index (κ2) is 7.07. The Balaban J connectivity index is 1.60. The van der Waals surface area contributed by atoms with Crippen LogP contribution in [0.3, 0.4) is 0 Å². The molecular formula is C22H17FN2O3S2. The van der Waals surface area contributed by atoms with Crippen molar-refractivity contribution in [3.63, 3.8) is 0 Å². The van der Waals surface area contributed by atoms with Crippen LogP contribution in [0.5, 0.6) is 5.75 Å². The van der Waals surface area contributed by atoms with Crippen LogP contribution in [0.4, 0.5) is 10.1 Å². The van der Waals surface area contributed by atoms with Gasteiger partial charge in [-0.2, -0.15) is 4.39 Å². The lowest BCUT2D eigenvalue weighted by molar-refractivity contribution is 0.316. The van der Waals surface area contributed by atoms with E-state index in [4.69, 9.17) is 4.74 Å². The quantitative estimate of drug-likeness (QED) is 0.421. The molecule has 1 aliphatic heterocycles. The van der Waals surface area contributed by atoms with Crippen molar-refractivity contribution in [2.45, 2.75) is 11.1 Å². The standard InChI is InChI=1S/C22H17FN2O3S2/c1-14-2-6-20-17(10-14)12-22(29-20)30(26,27)25-8-9-28-19-5-3-15(11-18(19)25)16-4-7-21(23)24-13-16/h2-7,10-13H,8-9H2,1H3. The molecule has 8 heteroatoms. The highest BCUT2D eigenvalue weighted by molar-refractivity contribution is 7.95. The predicted molar refractivity (Wildman–Crippen MR) is 116 cm³/mol. The number of hydrogen-bond donors (Lipinski definition) is 0. The Labute approximate surface area is 177 Å². The number of rotatable bonds is 3. The number of nitrogens with zero attached hydrogens (tertiary/aromatic N) is 2. The summed E-state index contributed by atoms with van der Waals surface area (Å²) in [4.78, 5) is 3.69. The zero-order valence-corrected chi connectivity index (χ0v) is 17.6. The Morgan fingerprint density at radius 1 is 1.07 bits per heavy atom. The van der Waals surface area contributed by atoms with Gasteiger partial charge in [0.2, 0.25) is 5.95 Å². The molecule has 30 heavy (non-hydrogen) atoms. The van der Waals surface area contributed by atoms with Gasteiger partial charge in [-0.25, -0.2) is 13.4 Å². The maximum Gasteiger partial charge on any atom is 0.274 e. The third-order valence-electron chi connectivity index (χ3n) is 5.03. The normalized spacial score (nSPS) is 13.9. The lowest BCUT2D eigenvalue weighted by atomic mass is 10.1. The Hall–Kier alpha value is -2.97. The second-order valence-corrected chi connectivity index (χ2v) is 10.3. The van der Waals surface area contributed by atoms with Gasteiger partial charge in [0.15, 0.2) is 0 Å². The Kier molecular flexibility index (Phi) is 4.48. The number of aryl methyl sites for hydroxylation is 1. The molecule has 0 N–H and O–H groups in total. The van der Waals surface area contributed by atoms with Crippen LogP contribution in [0.15, 0.2) is 65.0 Å². The van der Waals surface area contributed by atoms with Crippen LogP contribution in [-0.4, -0.2) is 26.6 Å². The molecule has 0 atom stereocenters. The number of pyridine rings is 1. The van der Waals surface area contributed by atoms with E-state index in [1.54, 1.807) is 24.3 Å². The first-order chi connectivity index (χ1) is 14.4. The fraction of sp³-hybridized carbons (Fsp3) is 0.136. The van der Waals surface area contributed by atoms with Gasteiger partial charge in [0.05, 0.1) is 12.2 Å². The van der Waals surface area contributed by atoms with Crippen LogP contribution in [0.25, 0.3) is 21.2 Å². The van der Waals surface area contributed by atoms with E-state index < -0.39 is 16.0 Å². The molecule has 0 unspecified atom stereocenters. The number of anilines is 1. The van der Waals surface area contributed by atoms with Gasteiger partial charge in [0, 0.05) is 16.5 Å². The van der Waals surface area contributed by atoms with E-state index in [2.05, 4.69) is 4.98 Å². The predicted octanol–water partition coefficient (Wildman–Crippen LogP) is 5.00. The highest BCUT2D eigenvalue weighted by atomic mass is 32.2. The minimum Gasteiger partial charge on any atom is -0.489 e. The van der Waals surface area contributed by atoms with Crippen molar-refractivity contribution >= 4 is 37.1 Å². The highest BCUT2D eigenvalue weighted by Crippen LogP contribution is 2.40. The van der Waals surface area contributed by atoms with Gasteiger partial charge in [0.1, 0.15) is 16.6 Å². The lowest BCUT2D eigenvalue weighted by Crippen LogP contribution is -2.37. The van der Waals surface area contributed by atoms with E-state index in [1.165, 1.54) is 27.9 Å². The number of hydrogen-bond acceptors (Lipinski definition) is 5. The average Bonchev–Trinajstić information content (AvgIpc) is 3.17. The van der Waals surface area contributed by atoms with E-state index in [1.807, 2.05) is 31.2 Å². The summed E-state index contributed by atoms with van der Waals surface area (Å²) in [6.07, 6.45) is 1.42. The summed E-state index contributed by atoms with van der Waals surface area (Å²) in [5.41, 5.74) is 2.98. The van der Waals surface area contributed by atoms with Gasteiger partial charge in [-0.05, 0) is 54.3 Å². The molecule has 1 aliphatic rings. The largest absolute Gasteiger partial charge is 0.489 e. The fourth-order valence-electron chi connectivity index (χ4n) is 3.54. The van der Waals surface area contributed by atoms with Gasteiger partial charge in [-0.3, -0.25) is 4.31 Å². The smallest absolute Gasteiger partial charge is 0.274 e. The molecule has 0 saturated carbocycles. The lowest BCUT2D eigenvalue weighted by Gasteiger charge is -2.30. The van der Waals surface area contributed by atoms with E-state index >= 15 is 0 Å². The first-order valence-electron chi connectivity index (χ1n) is 9.33. The molecular weight excluding hydrogens is 423 g/mol. The van der Waals surface area contributed by atoms with E-state index in [9.17, 15) is 12.8 Å². The third-order valence-corrected chi connectivity index (χ3v) is 8.41. The summed E-state index contributed by atoms with van der Waals surface area (Å²) in [7, 11) is -3.76. The third kappa shape index (κ3) is 3.22. The molecule has 5 nitrogen and oxygen atoms in total. The number of aromatic nitrogens is 1. The van der Waals surface area contributed by atoms with Gasteiger partial charge in [-0.15, -0.1) is 11.3 Å². The zero-order chi connectivity index (χ0) is 20.9. The molecule has 4 aromatic rings. The average molecular weight is 441 g/mol. The molecule has 0 amide bonds. The number of ether oxygens (including phenoxy) is 1. The van der Waals surface area contributed by atoms with Crippen molar-refractivity contribution in [2.75, 3.05) is 17.5 Å². The molecule has 0 saturated heterocycles. The van der Waals surface area contributed by atoms with E-state index in [-0.39, 0.29) is 13.2 Å². The maximum atomic E-state index is 13.5. The second-order valence-electron chi connectivity index (χ2n) is 7.08. The summed E-state index contributed by atoms with van der Waals surface area (Å²) in [5.74, 6) is -0.0650. The number of sulfonamides is 1. The molecule has 2 aromatic carbocycles. The number of fused-ring (bicyclic) bond motifs is 2. The number of thiophene rings is 1. The zero-order valence-electron chi connectivity index (χ0n) is 16.0. The summed E-state index contributed by atoms with van der Waals surface area (Å²) >= 11 is 1.26. The molecule has 0 bridgehead atoms. The van der Waals surface area contributed by atoms with Gasteiger partial charge < -0.3 is 4.74 Å². The molecule has 152 valence electrons.